The number of piperidine rings is 1. The SMILES string of the molecule is Nc1ccccc1N1CCC(CNC(=O)[C@H](O)[C@@H](O)C(=O)N2CCCC2c2cccc(Cl)c2)CC1. The number of nitrogens with two attached hydrogens (primary N) is 1. The van der Waals surface area contributed by atoms with Crippen LogP contribution in [0.15, 0.2) is 48.5 Å². The number of para-hydroxylation sites is 2. The van der Waals surface area contributed by atoms with E-state index in [1.54, 1.807) is 12.1 Å². The van der Waals surface area contributed by atoms with Crippen molar-refractivity contribution in [2.24, 2.45) is 5.92 Å². The molecule has 2 aromatic rings. The maximum atomic E-state index is 13.0. The number of hydrogen-bond acceptors (Lipinski definition) is 6. The molecule has 2 aliphatic rings. The molecule has 0 aromatic heterocycles. The monoisotopic (exact) mass is 500 g/mol. The van der Waals surface area contributed by atoms with Crippen LogP contribution in [0.5, 0.6) is 0 Å². The Bertz CT molecular complexity index is 1040. The molecule has 8 nitrogen and oxygen atoms in total. The fourth-order valence-electron chi connectivity index (χ4n) is 5.04. The summed E-state index contributed by atoms with van der Waals surface area (Å²) in [7, 11) is 0. The summed E-state index contributed by atoms with van der Waals surface area (Å²) < 4.78 is 0. The molecule has 9 heteroatoms. The molecule has 2 amide bonds. The first-order valence-corrected chi connectivity index (χ1v) is 12.5. The average Bonchev–Trinajstić information content (AvgIpc) is 3.37. The summed E-state index contributed by atoms with van der Waals surface area (Å²) in [5.74, 6) is -1.14. The van der Waals surface area contributed by atoms with Crippen LogP contribution in [-0.4, -0.2) is 65.3 Å². The van der Waals surface area contributed by atoms with Crippen LogP contribution in [-0.2, 0) is 9.59 Å². The minimum atomic E-state index is -1.83. The molecule has 0 radical (unpaired) electrons. The van der Waals surface area contributed by atoms with Crippen molar-refractivity contribution in [1.82, 2.24) is 10.2 Å². The Hall–Kier alpha value is -2.81. The Kier molecular flexibility index (Phi) is 8.15. The van der Waals surface area contributed by atoms with Crippen LogP contribution in [0.3, 0.4) is 0 Å². The minimum Gasteiger partial charge on any atom is -0.397 e. The van der Waals surface area contributed by atoms with Crippen molar-refractivity contribution < 1.29 is 19.8 Å². The van der Waals surface area contributed by atoms with Crippen LogP contribution >= 0.6 is 11.6 Å². The van der Waals surface area contributed by atoms with Gasteiger partial charge in [-0.1, -0.05) is 35.9 Å². The van der Waals surface area contributed by atoms with Crippen LogP contribution < -0.4 is 16.0 Å². The highest BCUT2D eigenvalue weighted by Crippen LogP contribution is 2.33. The molecule has 0 spiro atoms. The number of aliphatic hydroxyl groups excluding tert-OH is 2. The van der Waals surface area contributed by atoms with E-state index in [2.05, 4.69) is 10.2 Å². The summed E-state index contributed by atoms with van der Waals surface area (Å²) in [6.07, 6.45) is -0.424. The number of aliphatic hydroxyl groups is 2. The molecule has 2 aliphatic heterocycles. The van der Waals surface area contributed by atoms with E-state index in [9.17, 15) is 19.8 Å². The molecule has 4 rings (SSSR count). The Labute approximate surface area is 210 Å². The molecule has 3 atom stereocenters. The van der Waals surface area contributed by atoms with Gasteiger partial charge in [0, 0.05) is 31.2 Å². The number of carbonyl (C=O) groups is 2. The lowest BCUT2D eigenvalue weighted by atomic mass is 9.96. The van der Waals surface area contributed by atoms with Crippen molar-refractivity contribution >= 4 is 34.8 Å². The Morgan fingerprint density at radius 2 is 1.77 bits per heavy atom. The highest BCUT2D eigenvalue weighted by atomic mass is 35.5. The average molecular weight is 501 g/mol. The van der Waals surface area contributed by atoms with Crippen molar-refractivity contribution in [2.75, 3.05) is 36.8 Å². The van der Waals surface area contributed by atoms with E-state index in [4.69, 9.17) is 17.3 Å². The zero-order chi connectivity index (χ0) is 24.9. The van der Waals surface area contributed by atoms with Gasteiger partial charge >= 0.3 is 0 Å². The van der Waals surface area contributed by atoms with E-state index in [1.165, 1.54) is 4.90 Å². The largest absolute Gasteiger partial charge is 0.397 e. The number of carbonyl (C=O) groups excluding carboxylic acids is 2. The number of nitrogens with zero attached hydrogens (tertiary/aromatic N) is 2. The third kappa shape index (κ3) is 5.89. The van der Waals surface area contributed by atoms with Gasteiger partial charge in [-0.25, -0.2) is 0 Å². The Morgan fingerprint density at radius 1 is 1.03 bits per heavy atom. The number of halogens is 1. The van der Waals surface area contributed by atoms with Gasteiger partial charge in [-0.2, -0.15) is 0 Å². The highest BCUT2D eigenvalue weighted by molar-refractivity contribution is 6.30. The van der Waals surface area contributed by atoms with Gasteiger partial charge in [0.1, 0.15) is 0 Å². The third-order valence-corrected chi connectivity index (χ3v) is 7.28. The fraction of sp³-hybridized carbons (Fsp3) is 0.462. The van der Waals surface area contributed by atoms with Gasteiger partial charge < -0.3 is 31.1 Å². The minimum absolute atomic E-state index is 0.241. The summed E-state index contributed by atoms with van der Waals surface area (Å²) in [6.45, 7) is 2.46. The first kappa shape index (κ1) is 25.3. The molecular weight excluding hydrogens is 468 g/mol. The zero-order valence-electron chi connectivity index (χ0n) is 19.6. The van der Waals surface area contributed by atoms with Crippen molar-refractivity contribution in [3.63, 3.8) is 0 Å². The Morgan fingerprint density at radius 3 is 2.49 bits per heavy atom. The second-order valence-corrected chi connectivity index (χ2v) is 9.81. The van der Waals surface area contributed by atoms with E-state index in [0.717, 1.165) is 55.7 Å². The second kappa shape index (κ2) is 11.3. The topological polar surface area (TPSA) is 119 Å². The lowest BCUT2D eigenvalue weighted by Crippen LogP contribution is -2.51. The number of hydrogen-bond donors (Lipinski definition) is 4. The molecular formula is C26H33ClN4O4. The number of anilines is 2. The second-order valence-electron chi connectivity index (χ2n) is 9.37. The standard InChI is InChI=1S/C26H33ClN4O4/c27-19-6-3-5-18(15-19)21-9-4-12-31(21)26(35)24(33)23(32)25(34)29-16-17-10-13-30(14-11-17)22-8-2-1-7-20(22)28/h1-3,5-8,15,17,21,23-24,32-33H,4,9-14,16,28H2,(H,29,34)/t21?,23-,24-/m1/s1. The molecule has 188 valence electrons. The molecule has 2 aromatic carbocycles. The predicted octanol–water partition coefficient (Wildman–Crippen LogP) is 2.34. The normalized spacial score (nSPS) is 20.5. The van der Waals surface area contributed by atoms with Crippen LogP contribution in [0.4, 0.5) is 11.4 Å². The molecule has 0 aliphatic carbocycles. The molecule has 1 unspecified atom stereocenters. The van der Waals surface area contributed by atoms with Crippen LogP contribution in [0.25, 0.3) is 0 Å². The molecule has 2 heterocycles. The summed E-state index contributed by atoms with van der Waals surface area (Å²) in [4.78, 5) is 29.2. The number of likely N-dealkylation sites (tertiary alicyclic amines) is 1. The van der Waals surface area contributed by atoms with Crippen molar-refractivity contribution in [3.8, 4) is 0 Å². The number of rotatable bonds is 7. The van der Waals surface area contributed by atoms with E-state index >= 15 is 0 Å². The third-order valence-electron chi connectivity index (χ3n) is 7.05. The first-order chi connectivity index (χ1) is 16.8. The van der Waals surface area contributed by atoms with Crippen molar-refractivity contribution in [2.45, 2.75) is 43.9 Å². The van der Waals surface area contributed by atoms with Gasteiger partial charge in [0.25, 0.3) is 11.8 Å². The quantitative estimate of drug-likeness (QED) is 0.433. The highest BCUT2D eigenvalue weighted by Gasteiger charge is 2.38. The van der Waals surface area contributed by atoms with Crippen molar-refractivity contribution in [1.29, 1.82) is 0 Å². The fourth-order valence-corrected chi connectivity index (χ4v) is 5.24. The molecule has 2 fully saturated rings. The van der Waals surface area contributed by atoms with Crippen molar-refractivity contribution in [3.05, 3.63) is 59.1 Å². The van der Waals surface area contributed by atoms with E-state index < -0.39 is 24.0 Å². The van der Waals surface area contributed by atoms with E-state index in [0.29, 0.717) is 18.1 Å². The lowest BCUT2D eigenvalue weighted by molar-refractivity contribution is -0.153. The lowest BCUT2D eigenvalue weighted by Gasteiger charge is -2.34. The van der Waals surface area contributed by atoms with Gasteiger partial charge in [-0.3, -0.25) is 9.59 Å². The molecule has 0 bridgehead atoms. The maximum Gasteiger partial charge on any atom is 0.255 e. The Balaban J connectivity index is 1.27. The zero-order valence-corrected chi connectivity index (χ0v) is 20.4. The summed E-state index contributed by atoms with van der Waals surface area (Å²) in [5.41, 5.74) is 8.72. The maximum absolute atomic E-state index is 13.0. The van der Waals surface area contributed by atoms with E-state index in [1.807, 2.05) is 36.4 Å². The van der Waals surface area contributed by atoms with Gasteiger partial charge in [0.2, 0.25) is 0 Å². The number of benzene rings is 2. The number of nitrogen functional groups attached to an aromatic ring is 1. The summed E-state index contributed by atoms with van der Waals surface area (Å²) in [5, 5.41) is 24.2. The van der Waals surface area contributed by atoms with Gasteiger partial charge in [0.15, 0.2) is 12.2 Å². The first-order valence-electron chi connectivity index (χ1n) is 12.1. The van der Waals surface area contributed by atoms with Crippen LogP contribution in [0.1, 0.15) is 37.3 Å². The predicted molar refractivity (Wildman–Crippen MR) is 136 cm³/mol. The number of nitrogens with one attached hydrogen (secondary N) is 1. The molecule has 2 saturated heterocycles. The smallest absolute Gasteiger partial charge is 0.255 e. The van der Waals surface area contributed by atoms with Crippen LogP contribution in [0.2, 0.25) is 5.02 Å². The van der Waals surface area contributed by atoms with Gasteiger partial charge in [-0.05, 0) is 61.4 Å². The van der Waals surface area contributed by atoms with Gasteiger partial charge in [-0.15, -0.1) is 0 Å². The molecule has 35 heavy (non-hydrogen) atoms. The van der Waals surface area contributed by atoms with E-state index in [-0.39, 0.29) is 12.0 Å². The summed E-state index contributed by atoms with van der Waals surface area (Å²) >= 11 is 6.10. The van der Waals surface area contributed by atoms with Crippen LogP contribution in [0, 0.1) is 5.92 Å². The van der Waals surface area contributed by atoms with Gasteiger partial charge in [0.05, 0.1) is 17.4 Å². The summed E-state index contributed by atoms with van der Waals surface area (Å²) in [6, 6.07) is 14.8. The molecule has 5 N–H and O–H groups in total. The molecule has 0 saturated carbocycles. The number of amides is 2.